The Kier molecular flexibility index (Phi) is 5.06. The summed E-state index contributed by atoms with van der Waals surface area (Å²) in [4.78, 5) is 12.1. The maximum Gasteiger partial charge on any atom is 0.265 e. The highest BCUT2D eigenvalue weighted by Crippen LogP contribution is 2.24. The lowest BCUT2D eigenvalue weighted by molar-refractivity contribution is -0.122. The second kappa shape index (κ2) is 6.99. The lowest BCUT2D eigenvalue weighted by Crippen LogP contribution is -2.30. The van der Waals surface area contributed by atoms with Gasteiger partial charge in [0, 0.05) is 5.69 Å². The zero-order valence-electron chi connectivity index (χ0n) is 11.8. The molecule has 0 heterocycles. The van der Waals surface area contributed by atoms with Crippen molar-refractivity contribution in [3.63, 3.8) is 0 Å². The minimum absolute atomic E-state index is 0.250. The van der Waals surface area contributed by atoms with Crippen LogP contribution in [0.1, 0.15) is 6.92 Å². The van der Waals surface area contributed by atoms with E-state index in [1.165, 1.54) is 0 Å². The third-order valence-electron chi connectivity index (χ3n) is 2.87. The molecule has 0 aliphatic carbocycles. The number of para-hydroxylation sites is 1. The monoisotopic (exact) mass is 305 g/mol. The van der Waals surface area contributed by atoms with Gasteiger partial charge in [0.25, 0.3) is 5.91 Å². The van der Waals surface area contributed by atoms with Crippen LogP contribution in [0, 0.1) is 0 Å². The number of anilines is 1. The summed E-state index contributed by atoms with van der Waals surface area (Å²) < 4.78 is 10.6. The van der Waals surface area contributed by atoms with Crippen LogP contribution >= 0.6 is 11.6 Å². The first-order chi connectivity index (χ1) is 10.1. The summed E-state index contributed by atoms with van der Waals surface area (Å²) in [7, 11) is 1.59. The van der Waals surface area contributed by atoms with Crippen LogP contribution in [0.25, 0.3) is 0 Å². The van der Waals surface area contributed by atoms with Crippen molar-refractivity contribution in [2.75, 3.05) is 12.4 Å². The quantitative estimate of drug-likeness (QED) is 0.915. The summed E-state index contributed by atoms with van der Waals surface area (Å²) in [5.41, 5.74) is 0.676. The van der Waals surface area contributed by atoms with Crippen LogP contribution in [0.2, 0.25) is 5.02 Å². The number of carbonyl (C=O) groups excluding carboxylic acids is 1. The molecule has 1 atom stereocenters. The minimum atomic E-state index is -0.660. The normalized spacial score (nSPS) is 11.6. The third kappa shape index (κ3) is 4.13. The van der Waals surface area contributed by atoms with E-state index >= 15 is 0 Å². The number of amides is 1. The molecule has 0 fully saturated rings. The number of rotatable bonds is 5. The molecule has 2 aromatic rings. The molecule has 5 heteroatoms. The predicted molar refractivity (Wildman–Crippen MR) is 83.2 cm³/mol. The Labute approximate surface area is 128 Å². The Morgan fingerprint density at radius 2 is 1.81 bits per heavy atom. The van der Waals surface area contributed by atoms with Crippen LogP contribution in [-0.2, 0) is 4.79 Å². The van der Waals surface area contributed by atoms with Gasteiger partial charge in [-0.2, -0.15) is 0 Å². The van der Waals surface area contributed by atoms with Crippen LogP contribution in [0.3, 0.4) is 0 Å². The van der Waals surface area contributed by atoms with Crippen molar-refractivity contribution in [1.82, 2.24) is 0 Å². The fourth-order valence-corrected chi connectivity index (χ4v) is 1.88. The smallest absolute Gasteiger partial charge is 0.265 e. The Morgan fingerprint density at radius 3 is 2.43 bits per heavy atom. The average molecular weight is 306 g/mol. The van der Waals surface area contributed by atoms with Crippen molar-refractivity contribution in [3.05, 3.63) is 53.6 Å². The molecular formula is C16H16ClNO3. The molecule has 110 valence electrons. The van der Waals surface area contributed by atoms with Gasteiger partial charge in [-0.3, -0.25) is 4.79 Å². The highest BCUT2D eigenvalue weighted by atomic mass is 35.5. The number of benzene rings is 2. The molecule has 4 nitrogen and oxygen atoms in total. The molecule has 0 saturated heterocycles. The van der Waals surface area contributed by atoms with Gasteiger partial charge < -0.3 is 14.8 Å². The van der Waals surface area contributed by atoms with Crippen molar-refractivity contribution in [3.8, 4) is 11.5 Å². The van der Waals surface area contributed by atoms with Crippen LogP contribution < -0.4 is 14.8 Å². The molecule has 1 amide bonds. The molecule has 0 aliphatic rings. The first kappa shape index (κ1) is 15.2. The Bertz CT molecular complexity index is 613. The summed E-state index contributed by atoms with van der Waals surface area (Å²) in [6, 6.07) is 14.1. The maximum absolute atomic E-state index is 12.1. The average Bonchev–Trinajstić information content (AvgIpc) is 2.50. The predicted octanol–water partition coefficient (Wildman–Crippen LogP) is 3.75. The molecule has 0 bridgehead atoms. The SMILES string of the molecule is COc1ccc(NC(=O)[C@H](C)Oc2ccccc2Cl)cc1. The van der Waals surface area contributed by atoms with Crippen LogP contribution in [0.5, 0.6) is 11.5 Å². The van der Waals surface area contributed by atoms with Crippen molar-refractivity contribution in [2.45, 2.75) is 13.0 Å². The summed E-state index contributed by atoms with van der Waals surface area (Å²) >= 11 is 6.00. The standard InChI is InChI=1S/C16H16ClNO3/c1-11(21-15-6-4-3-5-14(15)17)16(19)18-12-7-9-13(20-2)10-8-12/h3-11H,1-2H3,(H,18,19)/t11-/m0/s1. The molecule has 0 saturated carbocycles. The van der Waals surface area contributed by atoms with Gasteiger partial charge in [0.05, 0.1) is 12.1 Å². The summed E-state index contributed by atoms with van der Waals surface area (Å²) in [5.74, 6) is 0.963. The maximum atomic E-state index is 12.1. The first-order valence-corrected chi connectivity index (χ1v) is 6.84. The van der Waals surface area contributed by atoms with E-state index in [9.17, 15) is 4.79 Å². The first-order valence-electron chi connectivity index (χ1n) is 6.46. The molecule has 0 radical (unpaired) electrons. The Morgan fingerprint density at radius 1 is 1.14 bits per heavy atom. The van der Waals surface area contributed by atoms with Crippen LogP contribution in [0.15, 0.2) is 48.5 Å². The lowest BCUT2D eigenvalue weighted by Gasteiger charge is -2.15. The van der Waals surface area contributed by atoms with Gasteiger partial charge in [0.1, 0.15) is 11.5 Å². The third-order valence-corrected chi connectivity index (χ3v) is 3.18. The van der Waals surface area contributed by atoms with Crippen molar-refractivity contribution >= 4 is 23.2 Å². The second-order valence-corrected chi connectivity index (χ2v) is 4.82. The van der Waals surface area contributed by atoms with E-state index in [2.05, 4.69) is 5.32 Å². The fourth-order valence-electron chi connectivity index (χ4n) is 1.70. The Hall–Kier alpha value is -2.20. The van der Waals surface area contributed by atoms with E-state index in [0.29, 0.717) is 16.5 Å². The Balaban J connectivity index is 1.97. The molecule has 2 rings (SSSR count). The zero-order chi connectivity index (χ0) is 15.2. The molecule has 0 spiro atoms. The van der Waals surface area contributed by atoms with Gasteiger partial charge in [-0.1, -0.05) is 23.7 Å². The highest BCUT2D eigenvalue weighted by molar-refractivity contribution is 6.32. The molecular weight excluding hydrogens is 290 g/mol. The summed E-state index contributed by atoms with van der Waals surface area (Å²) in [5, 5.41) is 3.24. The fraction of sp³-hybridized carbons (Fsp3) is 0.188. The molecule has 21 heavy (non-hydrogen) atoms. The van der Waals surface area contributed by atoms with Crippen molar-refractivity contribution in [2.24, 2.45) is 0 Å². The molecule has 0 unspecified atom stereocenters. The zero-order valence-corrected chi connectivity index (χ0v) is 12.6. The summed E-state index contributed by atoms with van der Waals surface area (Å²) in [6.07, 6.45) is -0.660. The number of nitrogens with one attached hydrogen (secondary N) is 1. The molecule has 2 aromatic carbocycles. The highest BCUT2D eigenvalue weighted by Gasteiger charge is 2.16. The van der Waals surface area contributed by atoms with E-state index in [4.69, 9.17) is 21.1 Å². The van der Waals surface area contributed by atoms with E-state index in [-0.39, 0.29) is 5.91 Å². The second-order valence-electron chi connectivity index (χ2n) is 4.41. The van der Waals surface area contributed by atoms with Gasteiger partial charge in [0.2, 0.25) is 0 Å². The number of methoxy groups -OCH3 is 1. The number of carbonyl (C=O) groups is 1. The molecule has 1 N–H and O–H groups in total. The number of hydrogen-bond acceptors (Lipinski definition) is 3. The van der Waals surface area contributed by atoms with Crippen molar-refractivity contribution in [1.29, 1.82) is 0 Å². The van der Waals surface area contributed by atoms with E-state index in [1.807, 2.05) is 0 Å². The lowest BCUT2D eigenvalue weighted by atomic mass is 10.2. The topological polar surface area (TPSA) is 47.6 Å². The van der Waals surface area contributed by atoms with Gasteiger partial charge in [0.15, 0.2) is 6.10 Å². The molecule has 0 aliphatic heterocycles. The van der Waals surface area contributed by atoms with Gasteiger partial charge in [-0.25, -0.2) is 0 Å². The number of halogens is 1. The number of ether oxygens (including phenoxy) is 2. The van der Waals surface area contributed by atoms with Crippen LogP contribution in [-0.4, -0.2) is 19.1 Å². The van der Waals surface area contributed by atoms with Crippen molar-refractivity contribution < 1.29 is 14.3 Å². The number of hydrogen-bond donors (Lipinski definition) is 1. The summed E-state index contributed by atoms with van der Waals surface area (Å²) in [6.45, 7) is 1.67. The largest absolute Gasteiger partial charge is 0.497 e. The van der Waals surface area contributed by atoms with Gasteiger partial charge >= 0.3 is 0 Å². The van der Waals surface area contributed by atoms with Gasteiger partial charge in [-0.15, -0.1) is 0 Å². The van der Waals surface area contributed by atoms with E-state index in [0.717, 1.165) is 5.75 Å². The minimum Gasteiger partial charge on any atom is -0.497 e. The van der Waals surface area contributed by atoms with E-state index < -0.39 is 6.10 Å². The van der Waals surface area contributed by atoms with E-state index in [1.54, 1.807) is 62.6 Å². The van der Waals surface area contributed by atoms with Crippen LogP contribution in [0.4, 0.5) is 5.69 Å². The molecule has 0 aromatic heterocycles. The van der Waals surface area contributed by atoms with Gasteiger partial charge in [-0.05, 0) is 43.3 Å².